The van der Waals surface area contributed by atoms with Crippen molar-refractivity contribution in [2.45, 2.75) is 19.8 Å². The maximum absolute atomic E-state index is 12.8. The van der Waals surface area contributed by atoms with Crippen LogP contribution in [0.15, 0.2) is 42.5 Å². The first-order valence-electron chi connectivity index (χ1n) is 9.48. The second kappa shape index (κ2) is 7.43. The predicted molar refractivity (Wildman–Crippen MR) is 103 cm³/mol. The minimum Gasteiger partial charge on any atom is -0.493 e. The lowest BCUT2D eigenvalue weighted by atomic mass is 10.1. The topological polar surface area (TPSA) is 49.9 Å². The number of hydrogen-bond donors (Lipinski definition) is 0. The third-order valence-corrected chi connectivity index (χ3v) is 5.29. The highest BCUT2D eigenvalue weighted by Crippen LogP contribution is 2.26. The molecular weight excluding hydrogens is 340 g/mol. The third kappa shape index (κ3) is 3.82. The minimum absolute atomic E-state index is 0.0375. The van der Waals surface area contributed by atoms with Crippen LogP contribution in [0.25, 0.3) is 0 Å². The second-order valence-electron chi connectivity index (χ2n) is 7.26. The molecule has 2 aromatic carbocycles. The van der Waals surface area contributed by atoms with E-state index in [2.05, 4.69) is 6.07 Å². The quantitative estimate of drug-likeness (QED) is 0.841. The Balaban J connectivity index is 1.34. The van der Waals surface area contributed by atoms with E-state index in [0.717, 1.165) is 28.9 Å². The summed E-state index contributed by atoms with van der Waals surface area (Å²) in [5.41, 5.74) is 4.01. The van der Waals surface area contributed by atoms with E-state index < -0.39 is 0 Å². The molecule has 0 aromatic heterocycles. The number of nitrogens with zero attached hydrogens (tertiary/aromatic N) is 2. The van der Waals surface area contributed by atoms with Crippen molar-refractivity contribution in [3.63, 3.8) is 0 Å². The van der Waals surface area contributed by atoms with E-state index in [-0.39, 0.29) is 11.8 Å². The van der Waals surface area contributed by atoms with Crippen molar-refractivity contribution in [2.24, 2.45) is 0 Å². The monoisotopic (exact) mass is 364 g/mol. The van der Waals surface area contributed by atoms with E-state index in [1.54, 1.807) is 0 Å². The van der Waals surface area contributed by atoms with Gasteiger partial charge in [-0.1, -0.05) is 29.8 Å². The Morgan fingerprint density at radius 1 is 1.00 bits per heavy atom. The van der Waals surface area contributed by atoms with Crippen LogP contribution in [-0.4, -0.2) is 54.4 Å². The number of aryl methyl sites for hydroxylation is 1. The molecule has 2 aliphatic rings. The molecule has 0 radical (unpaired) electrons. The third-order valence-electron chi connectivity index (χ3n) is 5.29. The molecule has 0 bridgehead atoms. The molecule has 2 aromatic rings. The molecule has 5 heteroatoms. The number of hydrogen-bond acceptors (Lipinski definition) is 3. The summed E-state index contributed by atoms with van der Waals surface area (Å²) in [6, 6.07) is 13.7. The van der Waals surface area contributed by atoms with Crippen LogP contribution in [0.4, 0.5) is 0 Å². The van der Waals surface area contributed by atoms with Gasteiger partial charge in [-0.25, -0.2) is 0 Å². The van der Waals surface area contributed by atoms with Crippen molar-refractivity contribution in [2.75, 3.05) is 32.8 Å². The standard InChI is InChI=1S/C22H24N2O3/c1-16-3-2-4-17(13-16)14-21(25)23-8-10-24(11-9-23)22(26)19-5-6-20-18(15-19)7-12-27-20/h2-6,13,15H,7-12,14H2,1H3. The number of benzene rings is 2. The predicted octanol–water partition coefficient (Wildman–Crippen LogP) is 2.46. The number of carbonyl (C=O) groups excluding carboxylic acids is 2. The van der Waals surface area contributed by atoms with Gasteiger partial charge in [0.05, 0.1) is 13.0 Å². The summed E-state index contributed by atoms with van der Waals surface area (Å²) in [6.45, 7) is 5.05. The van der Waals surface area contributed by atoms with Gasteiger partial charge in [-0.05, 0) is 36.2 Å². The molecule has 0 atom stereocenters. The molecule has 1 fully saturated rings. The Kier molecular flexibility index (Phi) is 4.84. The van der Waals surface area contributed by atoms with E-state index in [0.29, 0.717) is 44.8 Å². The summed E-state index contributed by atoms with van der Waals surface area (Å²) in [6.07, 6.45) is 1.28. The molecule has 2 aliphatic heterocycles. The molecule has 1 saturated heterocycles. The van der Waals surface area contributed by atoms with Gasteiger partial charge in [0, 0.05) is 38.2 Å². The van der Waals surface area contributed by atoms with Gasteiger partial charge >= 0.3 is 0 Å². The van der Waals surface area contributed by atoms with Crippen molar-refractivity contribution in [3.05, 3.63) is 64.7 Å². The Bertz CT molecular complexity index is 870. The summed E-state index contributed by atoms with van der Waals surface area (Å²) in [5.74, 6) is 1.05. The summed E-state index contributed by atoms with van der Waals surface area (Å²) in [7, 11) is 0. The van der Waals surface area contributed by atoms with E-state index in [1.807, 2.05) is 53.1 Å². The number of carbonyl (C=O) groups is 2. The molecular formula is C22H24N2O3. The number of ether oxygens (including phenoxy) is 1. The van der Waals surface area contributed by atoms with Gasteiger partial charge in [-0.3, -0.25) is 9.59 Å². The maximum atomic E-state index is 12.8. The lowest BCUT2D eigenvalue weighted by Gasteiger charge is -2.35. The SMILES string of the molecule is Cc1cccc(CC(=O)N2CCN(C(=O)c3ccc4c(c3)CCO4)CC2)c1. The van der Waals surface area contributed by atoms with Gasteiger partial charge < -0.3 is 14.5 Å². The number of piperazine rings is 1. The highest BCUT2D eigenvalue weighted by molar-refractivity contribution is 5.95. The molecule has 140 valence electrons. The van der Waals surface area contributed by atoms with Crippen molar-refractivity contribution in [1.82, 2.24) is 9.80 Å². The first-order chi connectivity index (χ1) is 13.1. The summed E-state index contributed by atoms with van der Waals surface area (Å²) in [4.78, 5) is 29.1. The van der Waals surface area contributed by atoms with Gasteiger partial charge in [0.15, 0.2) is 0 Å². The Labute approximate surface area is 159 Å². The van der Waals surface area contributed by atoms with Crippen molar-refractivity contribution >= 4 is 11.8 Å². The first-order valence-corrected chi connectivity index (χ1v) is 9.48. The van der Waals surface area contributed by atoms with Gasteiger partial charge in [0.1, 0.15) is 5.75 Å². The fraction of sp³-hybridized carbons (Fsp3) is 0.364. The summed E-state index contributed by atoms with van der Waals surface area (Å²) >= 11 is 0. The lowest BCUT2D eigenvalue weighted by Crippen LogP contribution is -2.51. The van der Waals surface area contributed by atoms with Gasteiger partial charge in [-0.2, -0.15) is 0 Å². The molecule has 0 spiro atoms. The second-order valence-corrected chi connectivity index (χ2v) is 7.26. The average molecular weight is 364 g/mol. The number of fused-ring (bicyclic) bond motifs is 1. The van der Waals surface area contributed by atoms with E-state index in [4.69, 9.17) is 4.74 Å². The summed E-state index contributed by atoms with van der Waals surface area (Å²) < 4.78 is 5.51. The van der Waals surface area contributed by atoms with Crippen LogP contribution in [-0.2, 0) is 17.6 Å². The Morgan fingerprint density at radius 3 is 2.56 bits per heavy atom. The molecule has 2 amide bonds. The fourth-order valence-electron chi connectivity index (χ4n) is 3.77. The first kappa shape index (κ1) is 17.6. The largest absolute Gasteiger partial charge is 0.493 e. The van der Waals surface area contributed by atoms with Crippen LogP contribution in [0.1, 0.15) is 27.0 Å². The zero-order valence-corrected chi connectivity index (χ0v) is 15.6. The highest BCUT2D eigenvalue weighted by atomic mass is 16.5. The van der Waals surface area contributed by atoms with E-state index in [1.165, 1.54) is 0 Å². The lowest BCUT2D eigenvalue weighted by molar-refractivity contribution is -0.131. The van der Waals surface area contributed by atoms with Crippen LogP contribution in [0.5, 0.6) is 5.75 Å². The normalized spacial score (nSPS) is 16.0. The number of rotatable bonds is 3. The molecule has 4 rings (SSSR count). The van der Waals surface area contributed by atoms with E-state index >= 15 is 0 Å². The average Bonchev–Trinajstić information content (AvgIpc) is 3.15. The van der Waals surface area contributed by atoms with Crippen molar-refractivity contribution in [1.29, 1.82) is 0 Å². The molecule has 5 nitrogen and oxygen atoms in total. The molecule has 0 unspecified atom stereocenters. The summed E-state index contributed by atoms with van der Waals surface area (Å²) in [5, 5.41) is 0. The molecule has 27 heavy (non-hydrogen) atoms. The van der Waals surface area contributed by atoms with Gasteiger partial charge in [0.2, 0.25) is 5.91 Å². The molecule has 0 aliphatic carbocycles. The molecule has 2 heterocycles. The van der Waals surface area contributed by atoms with Crippen molar-refractivity contribution in [3.8, 4) is 5.75 Å². The zero-order chi connectivity index (χ0) is 18.8. The van der Waals surface area contributed by atoms with Crippen molar-refractivity contribution < 1.29 is 14.3 Å². The maximum Gasteiger partial charge on any atom is 0.253 e. The minimum atomic E-state index is 0.0375. The highest BCUT2D eigenvalue weighted by Gasteiger charge is 2.25. The van der Waals surface area contributed by atoms with E-state index in [9.17, 15) is 9.59 Å². The van der Waals surface area contributed by atoms with Crippen LogP contribution >= 0.6 is 0 Å². The fourth-order valence-corrected chi connectivity index (χ4v) is 3.77. The zero-order valence-electron chi connectivity index (χ0n) is 15.6. The van der Waals surface area contributed by atoms with Gasteiger partial charge in [0.25, 0.3) is 5.91 Å². The van der Waals surface area contributed by atoms with Crippen LogP contribution in [0, 0.1) is 6.92 Å². The smallest absolute Gasteiger partial charge is 0.253 e. The Morgan fingerprint density at radius 2 is 1.78 bits per heavy atom. The molecule has 0 saturated carbocycles. The Hall–Kier alpha value is -2.82. The van der Waals surface area contributed by atoms with Crippen LogP contribution < -0.4 is 4.74 Å². The van der Waals surface area contributed by atoms with Crippen LogP contribution in [0.3, 0.4) is 0 Å². The number of amides is 2. The molecule has 0 N–H and O–H groups in total. The van der Waals surface area contributed by atoms with Gasteiger partial charge in [-0.15, -0.1) is 0 Å². The van der Waals surface area contributed by atoms with Crippen LogP contribution in [0.2, 0.25) is 0 Å².